The second-order valence-electron chi connectivity index (χ2n) is 6.32. The Hall–Kier alpha value is -1.50. The Labute approximate surface area is 133 Å². The molecule has 118 valence electrons. The quantitative estimate of drug-likeness (QED) is 0.869. The van der Waals surface area contributed by atoms with Crippen molar-refractivity contribution < 1.29 is 4.79 Å². The van der Waals surface area contributed by atoms with Gasteiger partial charge in [-0.2, -0.15) is 9.61 Å². The number of amides is 1. The van der Waals surface area contributed by atoms with E-state index in [0.29, 0.717) is 5.91 Å². The largest absolute Gasteiger partial charge is 0.333 e. The Morgan fingerprint density at radius 3 is 2.91 bits per heavy atom. The summed E-state index contributed by atoms with van der Waals surface area (Å²) < 4.78 is 1.87. The first-order valence-corrected chi connectivity index (χ1v) is 9.11. The van der Waals surface area contributed by atoms with E-state index in [9.17, 15) is 4.79 Å². The van der Waals surface area contributed by atoms with Gasteiger partial charge in [-0.15, -0.1) is 10.2 Å². The number of nitrogens with zero attached hydrogens (tertiary/aromatic N) is 5. The molecule has 1 amide bonds. The third-order valence-electron chi connectivity index (χ3n) is 4.54. The smallest absolute Gasteiger partial charge is 0.234 e. The molecule has 2 aromatic heterocycles. The molecule has 2 fully saturated rings. The molecule has 0 spiro atoms. The van der Waals surface area contributed by atoms with Crippen LogP contribution >= 0.6 is 11.3 Å². The standard InChI is InChI=1S/C15H21N5OS/c1-2-5-12-16-17-15-20(12)18-13(22-15)11-6-3-4-9-19(11)14(21)10-7-8-10/h10-11H,2-9H2,1H3/t11-/m0/s1. The second kappa shape index (κ2) is 5.61. The molecule has 22 heavy (non-hydrogen) atoms. The Morgan fingerprint density at radius 1 is 1.27 bits per heavy atom. The van der Waals surface area contributed by atoms with E-state index in [1.807, 2.05) is 4.52 Å². The van der Waals surface area contributed by atoms with Gasteiger partial charge in [0.25, 0.3) is 0 Å². The molecule has 1 atom stereocenters. The summed E-state index contributed by atoms with van der Waals surface area (Å²) in [7, 11) is 0. The molecule has 0 bridgehead atoms. The lowest BCUT2D eigenvalue weighted by Gasteiger charge is -2.34. The van der Waals surface area contributed by atoms with Gasteiger partial charge in [-0.1, -0.05) is 18.3 Å². The van der Waals surface area contributed by atoms with Crippen molar-refractivity contribution >= 4 is 22.2 Å². The van der Waals surface area contributed by atoms with Crippen LogP contribution in [-0.2, 0) is 11.2 Å². The third-order valence-corrected chi connectivity index (χ3v) is 5.54. The van der Waals surface area contributed by atoms with Gasteiger partial charge in [0.05, 0.1) is 6.04 Å². The molecule has 3 heterocycles. The number of carbonyl (C=O) groups is 1. The second-order valence-corrected chi connectivity index (χ2v) is 7.31. The topological polar surface area (TPSA) is 63.4 Å². The molecule has 4 rings (SSSR count). The minimum Gasteiger partial charge on any atom is -0.333 e. The minimum absolute atomic E-state index is 0.142. The van der Waals surface area contributed by atoms with Gasteiger partial charge in [-0.25, -0.2) is 0 Å². The van der Waals surface area contributed by atoms with E-state index in [4.69, 9.17) is 5.10 Å². The molecule has 0 N–H and O–H groups in total. The van der Waals surface area contributed by atoms with Crippen LogP contribution in [0.1, 0.15) is 62.3 Å². The first-order valence-electron chi connectivity index (χ1n) is 8.29. The summed E-state index contributed by atoms with van der Waals surface area (Å²) in [6, 6.07) is 0.142. The van der Waals surface area contributed by atoms with Crippen LogP contribution < -0.4 is 0 Å². The van der Waals surface area contributed by atoms with Gasteiger partial charge in [-0.05, 0) is 38.5 Å². The van der Waals surface area contributed by atoms with Crippen LogP contribution in [0.5, 0.6) is 0 Å². The zero-order chi connectivity index (χ0) is 15.1. The Bertz CT molecular complexity index is 689. The van der Waals surface area contributed by atoms with Crippen molar-refractivity contribution in [2.75, 3.05) is 6.54 Å². The number of aromatic nitrogens is 4. The molecule has 1 aliphatic heterocycles. The average molecular weight is 319 g/mol. The van der Waals surface area contributed by atoms with Crippen LogP contribution in [0.4, 0.5) is 0 Å². The molecule has 1 saturated heterocycles. The van der Waals surface area contributed by atoms with E-state index in [2.05, 4.69) is 22.0 Å². The number of likely N-dealkylation sites (tertiary alicyclic amines) is 1. The molecule has 6 nitrogen and oxygen atoms in total. The Morgan fingerprint density at radius 2 is 2.14 bits per heavy atom. The molecule has 1 aliphatic carbocycles. The molecule has 0 unspecified atom stereocenters. The third kappa shape index (κ3) is 2.41. The summed E-state index contributed by atoms with van der Waals surface area (Å²) in [6.07, 6.45) is 7.34. The monoisotopic (exact) mass is 319 g/mol. The Balaban J connectivity index is 1.64. The lowest BCUT2D eigenvalue weighted by atomic mass is 10.0. The van der Waals surface area contributed by atoms with Crippen molar-refractivity contribution in [2.24, 2.45) is 5.92 Å². The summed E-state index contributed by atoms with van der Waals surface area (Å²) >= 11 is 1.59. The van der Waals surface area contributed by atoms with Gasteiger partial charge in [0.2, 0.25) is 10.9 Å². The van der Waals surface area contributed by atoms with Gasteiger partial charge < -0.3 is 4.90 Å². The molecule has 7 heteroatoms. The van der Waals surface area contributed by atoms with Gasteiger partial charge in [0, 0.05) is 18.9 Å². The summed E-state index contributed by atoms with van der Waals surface area (Å²) in [4.78, 5) is 15.5. The maximum atomic E-state index is 12.5. The molecule has 2 aromatic rings. The maximum absolute atomic E-state index is 12.5. The van der Waals surface area contributed by atoms with Crippen LogP contribution in [0, 0.1) is 5.92 Å². The normalized spacial score (nSPS) is 22.4. The SMILES string of the molecule is CCCc1nnc2sc([C@@H]3CCCCN3C(=O)C3CC3)nn12. The van der Waals surface area contributed by atoms with Crippen LogP contribution in [0.2, 0.25) is 0 Å². The molecule has 0 radical (unpaired) electrons. The molecular weight excluding hydrogens is 298 g/mol. The zero-order valence-electron chi connectivity index (χ0n) is 12.9. The highest BCUT2D eigenvalue weighted by atomic mass is 32.1. The van der Waals surface area contributed by atoms with Gasteiger partial charge in [0.15, 0.2) is 5.82 Å². The Kier molecular flexibility index (Phi) is 3.60. The predicted molar refractivity (Wildman–Crippen MR) is 83.7 cm³/mol. The van der Waals surface area contributed by atoms with Crippen molar-refractivity contribution in [3.63, 3.8) is 0 Å². The fraction of sp³-hybridized carbons (Fsp3) is 0.733. The van der Waals surface area contributed by atoms with E-state index < -0.39 is 0 Å². The molecule has 2 aliphatic rings. The van der Waals surface area contributed by atoms with Crippen molar-refractivity contribution in [1.82, 2.24) is 24.7 Å². The molecular formula is C15H21N5OS. The van der Waals surface area contributed by atoms with E-state index in [0.717, 1.165) is 60.9 Å². The number of fused-ring (bicyclic) bond motifs is 1. The van der Waals surface area contributed by atoms with Crippen LogP contribution in [0.15, 0.2) is 0 Å². The number of rotatable bonds is 4. The highest BCUT2D eigenvalue weighted by Crippen LogP contribution is 2.38. The summed E-state index contributed by atoms with van der Waals surface area (Å²) in [5.41, 5.74) is 0. The molecule has 0 aromatic carbocycles. The fourth-order valence-corrected chi connectivity index (χ4v) is 4.21. The van der Waals surface area contributed by atoms with Crippen LogP contribution in [0.25, 0.3) is 4.96 Å². The zero-order valence-corrected chi connectivity index (χ0v) is 13.7. The summed E-state index contributed by atoms with van der Waals surface area (Å²) in [6.45, 7) is 3.01. The van der Waals surface area contributed by atoms with E-state index in [1.165, 1.54) is 6.42 Å². The van der Waals surface area contributed by atoms with Crippen LogP contribution in [-0.4, -0.2) is 37.2 Å². The van der Waals surface area contributed by atoms with E-state index >= 15 is 0 Å². The first kappa shape index (κ1) is 14.1. The fourth-order valence-electron chi connectivity index (χ4n) is 3.20. The summed E-state index contributed by atoms with van der Waals surface area (Å²) in [5, 5.41) is 14.2. The van der Waals surface area contributed by atoms with Crippen molar-refractivity contribution in [1.29, 1.82) is 0 Å². The average Bonchev–Trinajstić information content (AvgIpc) is 3.20. The van der Waals surface area contributed by atoms with Gasteiger partial charge in [-0.3, -0.25) is 4.79 Å². The number of aryl methyl sites for hydroxylation is 1. The molecule has 1 saturated carbocycles. The number of hydrogen-bond acceptors (Lipinski definition) is 5. The first-order chi connectivity index (χ1) is 10.8. The van der Waals surface area contributed by atoms with Crippen LogP contribution in [0.3, 0.4) is 0 Å². The number of carbonyl (C=O) groups excluding carboxylic acids is 1. The van der Waals surface area contributed by atoms with Crippen molar-refractivity contribution in [3.05, 3.63) is 10.8 Å². The summed E-state index contributed by atoms with van der Waals surface area (Å²) in [5.74, 6) is 1.54. The number of piperidine rings is 1. The van der Waals surface area contributed by atoms with E-state index in [1.54, 1.807) is 11.3 Å². The lowest BCUT2D eigenvalue weighted by molar-refractivity contribution is -0.136. The van der Waals surface area contributed by atoms with E-state index in [-0.39, 0.29) is 12.0 Å². The van der Waals surface area contributed by atoms with Crippen molar-refractivity contribution in [2.45, 2.75) is 57.9 Å². The van der Waals surface area contributed by atoms with Gasteiger partial charge >= 0.3 is 0 Å². The highest BCUT2D eigenvalue weighted by Gasteiger charge is 2.38. The highest BCUT2D eigenvalue weighted by molar-refractivity contribution is 7.16. The van der Waals surface area contributed by atoms with Crippen molar-refractivity contribution in [3.8, 4) is 0 Å². The van der Waals surface area contributed by atoms with Gasteiger partial charge in [0.1, 0.15) is 5.01 Å². The number of hydrogen-bond donors (Lipinski definition) is 0. The lowest BCUT2D eigenvalue weighted by Crippen LogP contribution is -2.39. The predicted octanol–water partition coefficient (Wildman–Crippen LogP) is 2.60. The minimum atomic E-state index is 0.142. The maximum Gasteiger partial charge on any atom is 0.234 e.